The Hall–Kier alpha value is -1.76. The minimum atomic E-state index is -0.349. The zero-order valence-electron chi connectivity index (χ0n) is 12.8. The average Bonchev–Trinajstić information content (AvgIpc) is 2.60. The summed E-state index contributed by atoms with van der Waals surface area (Å²) >= 11 is 0. The van der Waals surface area contributed by atoms with Crippen LogP contribution in [0.4, 0.5) is 0 Å². The van der Waals surface area contributed by atoms with Crippen LogP contribution in [0.2, 0.25) is 0 Å². The van der Waals surface area contributed by atoms with E-state index in [1.165, 1.54) is 0 Å². The molecule has 0 saturated carbocycles. The second-order valence-electron chi connectivity index (χ2n) is 5.60. The van der Waals surface area contributed by atoms with Crippen LogP contribution in [0.15, 0.2) is 11.1 Å². The molecule has 0 bridgehead atoms. The molecular formula is C16H24N2O2. The second-order valence-corrected chi connectivity index (χ2v) is 5.60. The molecule has 0 spiro atoms. The first-order valence-electron chi connectivity index (χ1n) is 7.17. The van der Waals surface area contributed by atoms with Crippen molar-refractivity contribution >= 4 is 11.8 Å². The Bertz CT molecular complexity index is 458. The Kier molecular flexibility index (Phi) is 5.82. The summed E-state index contributed by atoms with van der Waals surface area (Å²) < 4.78 is 0. The van der Waals surface area contributed by atoms with Crippen molar-refractivity contribution in [1.82, 2.24) is 10.2 Å². The summed E-state index contributed by atoms with van der Waals surface area (Å²) in [6.45, 7) is 8.92. The number of terminal acetylenes is 1. The van der Waals surface area contributed by atoms with Crippen molar-refractivity contribution in [2.45, 2.75) is 46.6 Å². The highest BCUT2D eigenvalue weighted by molar-refractivity contribution is 6.20. The van der Waals surface area contributed by atoms with Crippen LogP contribution >= 0.6 is 0 Å². The number of hydrogen-bond acceptors (Lipinski definition) is 2. The number of amides is 2. The molecule has 4 nitrogen and oxygen atoms in total. The molecule has 1 aliphatic rings. The Morgan fingerprint density at radius 3 is 2.65 bits per heavy atom. The van der Waals surface area contributed by atoms with Gasteiger partial charge in [-0.15, -0.1) is 6.42 Å². The van der Waals surface area contributed by atoms with Crippen LogP contribution in [0.5, 0.6) is 0 Å². The van der Waals surface area contributed by atoms with Crippen LogP contribution in [0.3, 0.4) is 0 Å². The number of carbonyl (C=O) groups is 2. The van der Waals surface area contributed by atoms with Crippen LogP contribution in [0.1, 0.15) is 40.5 Å². The highest BCUT2D eigenvalue weighted by Crippen LogP contribution is 2.29. The first-order chi connectivity index (χ1) is 9.43. The molecule has 110 valence electrons. The summed E-state index contributed by atoms with van der Waals surface area (Å²) in [4.78, 5) is 26.4. The van der Waals surface area contributed by atoms with Crippen LogP contribution in [-0.2, 0) is 9.59 Å². The van der Waals surface area contributed by atoms with E-state index in [0.29, 0.717) is 12.5 Å². The topological polar surface area (TPSA) is 49.4 Å². The van der Waals surface area contributed by atoms with E-state index in [1.54, 1.807) is 0 Å². The van der Waals surface area contributed by atoms with Gasteiger partial charge < -0.3 is 10.2 Å². The minimum absolute atomic E-state index is 0.0430. The van der Waals surface area contributed by atoms with Crippen molar-refractivity contribution in [3.05, 3.63) is 11.1 Å². The predicted molar refractivity (Wildman–Crippen MR) is 79.8 cm³/mol. The van der Waals surface area contributed by atoms with E-state index in [-0.39, 0.29) is 30.0 Å². The molecule has 0 fully saturated rings. The highest BCUT2D eigenvalue weighted by Gasteiger charge is 2.39. The van der Waals surface area contributed by atoms with Crippen molar-refractivity contribution in [2.75, 3.05) is 13.1 Å². The van der Waals surface area contributed by atoms with Crippen molar-refractivity contribution in [2.24, 2.45) is 5.92 Å². The van der Waals surface area contributed by atoms with Gasteiger partial charge in [0.25, 0.3) is 11.8 Å². The zero-order valence-corrected chi connectivity index (χ0v) is 12.8. The molecule has 0 aromatic carbocycles. The van der Waals surface area contributed by atoms with Crippen LogP contribution < -0.4 is 5.32 Å². The molecule has 2 amide bonds. The molecule has 1 atom stereocenters. The summed E-state index contributed by atoms with van der Waals surface area (Å²) in [5.74, 6) is 2.21. The van der Waals surface area contributed by atoms with Gasteiger partial charge in [-0.1, -0.05) is 33.1 Å². The van der Waals surface area contributed by atoms with Gasteiger partial charge in [-0.3, -0.25) is 9.59 Å². The molecule has 1 rings (SSSR count). The quantitative estimate of drug-likeness (QED) is 0.593. The SMILES string of the molecule is C#CCNC(=O)C1=C(C)C(CCC)N(CC(C)C)C1=O. The molecule has 1 heterocycles. The van der Waals surface area contributed by atoms with E-state index in [1.807, 2.05) is 11.8 Å². The number of rotatable bonds is 6. The lowest BCUT2D eigenvalue weighted by atomic mass is 10.0. The molecule has 1 unspecified atom stereocenters. The van der Waals surface area contributed by atoms with Gasteiger partial charge in [0.1, 0.15) is 5.57 Å². The van der Waals surface area contributed by atoms with E-state index in [2.05, 4.69) is 32.0 Å². The van der Waals surface area contributed by atoms with Gasteiger partial charge in [-0.2, -0.15) is 0 Å². The number of nitrogens with zero attached hydrogens (tertiary/aromatic N) is 1. The predicted octanol–water partition coefficient (Wildman–Crippen LogP) is 1.72. The standard InChI is InChI=1S/C16H24N2O2/c1-6-8-13-12(5)14(15(19)17-9-7-2)16(20)18(13)10-11(3)4/h2,11,13H,6,8-10H2,1,3-5H3,(H,17,19). The summed E-state index contributed by atoms with van der Waals surface area (Å²) in [6, 6.07) is 0.0430. The van der Waals surface area contributed by atoms with Crippen molar-refractivity contribution in [3.8, 4) is 12.3 Å². The Balaban J connectivity index is 3.00. The van der Waals surface area contributed by atoms with Crippen LogP contribution in [-0.4, -0.2) is 35.8 Å². The van der Waals surface area contributed by atoms with Gasteiger partial charge in [0.05, 0.1) is 12.6 Å². The van der Waals surface area contributed by atoms with Gasteiger partial charge in [-0.25, -0.2) is 0 Å². The van der Waals surface area contributed by atoms with E-state index < -0.39 is 0 Å². The van der Waals surface area contributed by atoms with Gasteiger partial charge in [0, 0.05) is 6.54 Å². The lowest BCUT2D eigenvalue weighted by molar-refractivity contribution is -0.130. The van der Waals surface area contributed by atoms with Crippen molar-refractivity contribution in [1.29, 1.82) is 0 Å². The molecular weight excluding hydrogens is 252 g/mol. The summed E-state index contributed by atoms with van der Waals surface area (Å²) in [5, 5.41) is 2.59. The monoisotopic (exact) mass is 276 g/mol. The molecule has 0 aromatic heterocycles. The summed E-state index contributed by atoms with van der Waals surface area (Å²) in [7, 11) is 0. The smallest absolute Gasteiger partial charge is 0.259 e. The van der Waals surface area contributed by atoms with Gasteiger partial charge in [-0.05, 0) is 24.8 Å². The lowest BCUT2D eigenvalue weighted by Crippen LogP contribution is -2.39. The van der Waals surface area contributed by atoms with Gasteiger partial charge in [0.15, 0.2) is 0 Å². The Morgan fingerprint density at radius 2 is 2.15 bits per heavy atom. The molecule has 0 radical (unpaired) electrons. The summed E-state index contributed by atoms with van der Waals surface area (Å²) in [6.07, 6.45) is 7.00. The number of carbonyl (C=O) groups excluding carboxylic acids is 2. The molecule has 1 N–H and O–H groups in total. The van der Waals surface area contributed by atoms with Crippen molar-refractivity contribution < 1.29 is 9.59 Å². The zero-order chi connectivity index (χ0) is 15.3. The van der Waals surface area contributed by atoms with Gasteiger partial charge in [0.2, 0.25) is 0 Å². The molecule has 0 aromatic rings. The third kappa shape index (κ3) is 3.41. The largest absolute Gasteiger partial charge is 0.341 e. The third-order valence-electron chi connectivity index (χ3n) is 3.45. The second kappa shape index (κ2) is 7.14. The average molecular weight is 276 g/mol. The fourth-order valence-corrected chi connectivity index (χ4v) is 2.60. The Labute approximate surface area is 121 Å². The van der Waals surface area contributed by atoms with E-state index >= 15 is 0 Å². The Morgan fingerprint density at radius 1 is 1.50 bits per heavy atom. The maximum atomic E-state index is 12.5. The van der Waals surface area contributed by atoms with E-state index in [9.17, 15) is 9.59 Å². The van der Waals surface area contributed by atoms with Gasteiger partial charge >= 0.3 is 0 Å². The first-order valence-corrected chi connectivity index (χ1v) is 7.17. The molecule has 20 heavy (non-hydrogen) atoms. The van der Waals surface area contributed by atoms with Crippen molar-refractivity contribution in [3.63, 3.8) is 0 Å². The fourth-order valence-electron chi connectivity index (χ4n) is 2.60. The molecule has 4 heteroatoms. The number of hydrogen-bond donors (Lipinski definition) is 1. The highest BCUT2D eigenvalue weighted by atomic mass is 16.2. The summed E-state index contributed by atoms with van der Waals surface area (Å²) in [5.41, 5.74) is 1.14. The maximum absolute atomic E-state index is 12.5. The van der Waals surface area contributed by atoms with Crippen LogP contribution in [0.25, 0.3) is 0 Å². The minimum Gasteiger partial charge on any atom is -0.341 e. The van der Waals surface area contributed by atoms with Crippen LogP contribution in [0, 0.1) is 18.3 Å². The number of nitrogens with one attached hydrogen (secondary N) is 1. The fraction of sp³-hybridized carbons (Fsp3) is 0.625. The third-order valence-corrected chi connectivity index (χ3v) is 3.45. The molecule has 0 saturated heterocycles. The molecule has 1 aliphatic heterocycles. The van der Waals surface area contributed by atoms with E-state index in [0.717, 1.165) is 18.4 Å². The normalized spacial score (nSPS) is 18.7. The molecule has 0 aliphatic carbocycles. The van der Waals surface area contributed by atoms with E-state index in [4.69, 9.17) is 6.42 Å². The maximum Gasteiger partial charge on any atom is 0.259 e. The first kappa shape index (κ1) is 16.3. The lowest BCUT2D eigenvalue weighted by Gasteiger charge is -2.27.